The van der Waals surface area contributed by atoms with Crippen molar-refractivity contribution in [2.45, 2.75) is 32.6 Å². The Kier molecular flexibility index (Phi) is 15.2. The van der Waals surface area contributed by atoms with Gasteiger partial charge in [-0.1, -0.05) is 37.4 Å². The fourth-order valence-electron chi connectivity index (χ4n) is 6.04. The second-order valence-corrected chi connectivity index (χ2v) is 13.7. The highest BCUT2D eigenvalue weighted by Gasteiger charge is 2.20. The number of carbonyl (C=O) groups excluding carboxylic acids is 4. The van der Waals surface area contributed by atoms with E-state index in [4.69, 9.17) is 14.2 Å². The van der Waals surface area contributed by atoms with Crippen LogP contribution in [-0.2, 0) is 38.8 Å². The SMILES string of the molecule is C=C1/C=C\C=C/Nc2cc(OCc3cc(COC(=C)/C=C(C)/N=C\[C@@H]4Cc5ccccc5N4)cc(N(C)C(=O)CNC(=O)CNC(=O)CNC)c3)c(OC)cc2C(=O)N1. The molecule has 59 heavy (non-hydrogen) atoms. The van der Waals surface area contributed by atoms with Crippen molar-refractivity contribution in [2.75, 3.05) is 56.4 Å². The van der Waals surface area contributed by atoms with Gasteiger partial charge in [0.2, 0.25) is 17.7 Å². The zero-order valence-corrected chi connectivity index (χ0v) is 33.6. The molecule has 0 saturated carbocycles. The molecule has 15 heteroatoms. The average Bonchev–Trinajstić information content (AvgIpc) is 3.65. The Morgan fingerprint density at radius 2 is 1.71 bits per heavy atom. The van der Waals surface area contributed by atoms with E-state index in [-0.39, 0.29) is 50.7 Å². The molecule has 308 valence electrons. The van der Waals surface area contributed by atoms with Gasteiger partial charge in [-0.25, -0.2) is 0 Å². The van der Waals surface area contributed by atoms with Gasteiger partial charge in [0.05, 0.1) is 44.0 Å². The summed E-state index contributed by atoms with van der Waals surface area (Å²) in [6, 6.07) is 17.0. The number of likely N-dealkylation sites (N-methyl/N-ethyl adjacent to an activating group) is 2. The van der Waals surface area contributed by atoms with Crippen LogP contribution >= 0.6 is 0 Å². The predicted octanol–water partition coefficient (Wildman–Crippen LogP) is 4.47. The van der Waals surface area contributed by atoms with E-state index < -0.39 is 11.8 Å². The van der Waals surface area contributed by atoms with Gasteiger partial charge >= 0.3 is 0 Å². The molecule has 2 aliphatic heterocycles. The second-order valence-electron chi connectivity index (χ2n) is 13.7. The second kappa shape index (κ2) is 20.9. The third-order valence-electron chi connectivity index (χ3n) is 9.03. The molecule has 0 saturated heterocycles. The summed E-state index contributed by atoms with van der Waals surface area (Å²) in [7, 11) is 4.69. The number of para-hydroxylation sites is 1. The summed E-state index contributed by atoms with van der Waals surface area (Å²) in [4.78, 5) is 56.5. The molecule has 0 aliphatic carbocycles. The third kappa shape index (κ3) is 12.7. The lowest BCUT2D eigenvalue weighted by molar-refractivity contribution is -0.126. The van der Waals surface area contributed by atoms with Crippen molar-refractivity contribution in [3.8, 4) is 11.5 Å². The molecule has 0 bridgehead atoms. The lowest BCUT2D eigenvalue weighted by Crippen LogP contribution is -2.43. The van der Waals surface area contributed by atoms with Gasteiger partial charge < -0.3 is 51.0 Å². The average molecular weight is 803 g/mol. The minimum Gasteiger partial charge on any atom is -0.493 e. The van der Waals surface area contributed by atoms with Crippen LogP contribution in [0.2, 0.25) is 0 Å². The highest BCUT2D eigenvalue weighted by Crippen LogP contribution is 2.35. The van der Waals surface area contributed by atoms with Crippen LogP contribution in [0.25, 0.3) is 0 Å². The summed E-state index contributed by atoms with van der Waals surface area (Å²) in [5.41, 5.74) is 6.19. The Bertz CT molecular complexity index is 2190. The van der Waals surface area contributed by atoms with Crippen molar-refractivity contribution in [3.63, 3.8) is 0 Å². The maximum Gasteiger partial charge on any atom is 0.257 e. The van der Waals surface area contributed by atoms with E-state index in [1.165, 1.54) is 17.6 Å². The van der Waals surface area contributed by atoms with E-state index >= 15 is 0 Å². The zero-order chi connectivity index (χ0) is 42.3. The Morgan fingerprint density at radius 1 is 0.966 bits per heavy atom. The lowest BCUT2D eigenvalue weighted by atomic mass is 10.1. The van der Waals surface area contributed by atoms with Gasteiger partial charge in [0.1, 0.15) is 19.0 Å². The number of nitrogens with one attached hydrogen (secondary N) is 6. The largest absolute Gasteiger partial charge is 0.493 e. The number of aliphatic imine (C=N–C) groups is 1. The summed E-state index contributed by atoms with van der Waals surface area (Å²) in [5, 5.41) is 17.1. The van der Waals surface area contributed by atoms with E-state index in [1.54, 1.807) is 68.9 Å². The van der Waals surface area contributed by atoms with Crippen LogP contribution in [0, 0.1) is 0 Å². The maximum absolute atomic E-state index is 13.3. The van der Waals surface area contributed by atoms with E-state index in [2.05, 4.69) is 62.2 Å². The van der Waals surface area contributed by atoms with Gasteiger partial charge in [0.25, 0.3) is 5.91 Å². The number of hydrogen-bond donors (Lipinski definition) is 6. The number of anilines is 3. The van der Waals surface area contributed by atoms with Crippen LogP contribution in [0.1, 0.15) is 34.0 Å². The molecule has 0 fully saturated rings. The first-order valence-electron chi connectivity index (χ1n) is 18.8. The normalized spacial score (nSPS) is 15.7. The number of fused-ring (bicyclic) bond motifs is 2. The molecule has 15 nitrogen and oxygen atoms in total. The number of ether oxygens (including phenoxy) is 3. The molecule has 0 radical (unpaired) electrons. The van der Waals surface area contributed by atoms with E-state index in [0.717, 1.165) is 12.1 Å². The van der Waals surface area contributed by atoms with Crippen molar-refractivity contribution >= 4 is 46.9 Å². The van der Waals surface area contributed by atoms with Crippen LogP contribution in [0.4, 0.5) is 17.1 Å². The van der Waals surface area contributed by atoms with Crippen molar-refractivity contribution in [2.24, 2.45) is 4.99 Å². The molecule has 0 spiro atoms. The standard InChI is InChI=1S/C44H50N8O7/c1-28-11-9-10-14-46-38-21-40(39(57-6)20-36(38)44(56)50-28)59-27-32-16-31(17-35(18-32)52(5)43(55)25-49-42(54)24-48-41(53)23-45-4)26-58-30(3)15-29(2)47-22-34-19-33-12-7-8-13-37(33)51-34/h7-18,20-22,34,45-46,51H,1,3,19,23-27H2,2,4-6H3,(H,48,53)(H,49,54)(H,50,56)/b11-9-,14-10-,29-15+,47-22-/t34-/m0/s1. The zero-order valence-electron chi connectivity index (χ0n) is 33.6. The van der Waals surface area contributed by atoms with Crippen molar-refractivity contribution in [1.82, 2.24) is 21.3 Å². The number of methoxy groups -OCH3 is 1. The van der Waals surface area contributed by atoms with Crippen molar-refractivity contribution < 1.29 is 33.4 Å². The quantitative estimate of drug-likeness (QED) is 0.0647. The first kappa shape index (κ1) is 43.0. The Morgan fingerprint density at radius 3 is 2.47 bits per heavy atom. The van der Waals surface area contributed by atoms with Gasteiger partial charge in [0.15, 0.2) is 11.5 Å². The van der Waals surface area contributed by atoms with Crippen LogP contribution in [0.15, 0.2) is 120 Å². The van der Waals surface area contributed by atoms with E-state index in [9.17, 15) is 19.2 Å². The molecule has 1 atom stereocenters. The van der Waals surface area contributed by atoms with Gasteiger partial charge in [0, 0.05) is 54.4 Å². The minimum atomic E-state index is -0.511. The first-order chi connectivity index (χ1) is 28.4. The number of hydrogen-bond acceptors (Lipinski definition) is 11. The third-order valence-corrected chi connectivity index (χ3v) is 9.03. The molecule has 0 unspecified atom stereocenters. The monoisotopic (exact) mass is 802 g/mol. The molecule has 3 aromatic rings. The van der Waals surface area contributed by atoms with Crippen LogP contribution in [-0.4, -0.2) is 76.7 Å². The number of allylic oxidation sites excluding steroid dienone is 5. The van der Waals surface area contributed by atoms with Gasteiger partial charge in [-0.2, -0.15) is 0 Å². The highest BCUT2D eigenvalue weighted by molar-refractivity contribution is 6.02. The molecular formula is C44H50N8O7. The van der Waals surface area contributed by atoms with E-state index in [1.807, 2.05) is 31.3 Å². The fourth-order valence-corrected chi connectivity index (χ4v) is 6.04. The fraction of sp³-hybridized carbons (Fsp3) is 0.250. The van der Waals surface area contributed by atoms with Crippen LogP contribution in [0.5, 0.6) is 11.5 Å². The molecule has 6 N–H and O–H groups in total. The number of benzene rings is 3. The number of carbonyl (C=O) groups is 4. The summed E-state index contributed by atoms with van der Waals surface area (Å²) in [6.45, 7) is 9.41. The minimum absolute atomic E-state index is 0.0381. The van der Waals surface area contributed by atoms with Gasteiger partial charge in [-0.05, 0) is 79.6 Å². The molecule has 4 amide bonds. The molecule has 0 aromatic heterocycles. The maximum atomic E-state index is 13.3. The topological polar surface area (TPSA) is 184 Å². The van der Waals surface area contributed by atoms with Gasteiger partial charge in [-0.15, -0.1) is 0 Å². The first-order valence-corrected chi connectivity index (χ1v) is 18.8. The molecule has 5 rings (SSSR count). The summed E-state index contributed by atoms with van der Waals surface area (Å²) < 4.78 is 18.0. The summed E-state index contributed by atoms with van der Waals surface area (Å²) in [6.07, 6.45) is 11.4. The molecule has 3 aromatic carbocycles. The van der Waals surface area contributed by atoms with Crippen molar-refractivity contribution in [1.29, 1.82) is 0 Å². The number of amides is 4. The highest BCUT2D eigenvalue weighted by atomic mass is 16.5. The Labute approximate surface area is 344 Å². The molecular weight excluding hydrogens is 753 g/mol. The summed E-state index contributed by atoms with van der Waals surface area (Å²) in [5.74, 6) is -0.574. The van der Waals surface area contributed by atoms with Crippen LogP contribution in [0.3, 0.4) is 0 Å². The molecule has 2 heterocycles. The number of rotatable bonds is 17. The van der Waals surface area contributed by atoms with E-state index in [0.29, 0.717) is 56.7 Å². The Balaban J connectivity index is 1.31. The Hall–Kier alpha value is -7.13. The van der Waals surface area contributed by atoms with Gasteiger partial charge in [-0.3, -0.25) is 24.2 Å². The smallest absolute Gasteiger partial charge is 0.257 e. The summed E-state index contributed by atoms with van der Waals surface area (Å²) >= 11 is 0. The lowest BCUT2D eigenvalue weighted by Gasteiger charge is -2.21. The van der Waals surface area contributed by atoms with Crippen molar-refractivity contribution in [3.05, 3.63) is 138 Å². The predicted molar refractivity (Wildman–Crippen MR) is 229 cm³/mol. The molecule has 2 aliphatic rings. The van der Waals surface area contributed by atoms with Crippen LogP contribution < -0.4 is 46.3 Å². The number of nitrogens with zero attached hydrogens (tertiary/aromatic N) is 2.